The minimum absolute atomic E-state index is 0.0218. The maximum Gasteiger partial charge on any atom is 0.407 e. The smallest absolute Gasteiger partial charge is 0.407 e. The molecule has 0 fully saturated rings. The van der Waals surface area contributed by atoms with E-state index >= 15 is 0 Å². The van der Waals surface area contributed by atoms with Gasteiger partial charge >= 0.3 is 6.09 Å². The van der Waals surface area contributed by atoms with E-state index in [0.717, 1.165) is 32.3 Å². The Morgan fingerprint density at radius 3 is 1.68 bits per heavy atom. The summed E-state index contributed by atoms with van der Waals surface area (Å²) >= 11 is 0. The largest absolute Gasteiger partial charge is 0.444 e. The number of hydrogen-bond donors (Lipinski definition) is 2. The van der Waals surface area contributed by atoms with Gasteiger partial charge in [0.25, 0.3) is 0 Å². The van der Waals surface area contributed by atoms with Gasteiger partial charge in [-0.25, -0.2) is 4.79 Å². The summed E-state index contributed by atoms with van der Waals surface area (Å²) < 4.78 is 26.6. The van der Waals surface area contributed by atoms with E-state index in [4.69, 9.17) is 23.7 Å². The van der Waals surface area contributed by atoms with Crippen LogP contribution in [0, 0.1) is 0 Å². The van der Waals surface area contributed by atoms with Crippen molar-refractivity contribution in [2.24, 2.45) is 0 Å². The molecule has 2 amide bonds. The molecule has 31 heavy (non-hydrogen) atoms. The number of alkyl carbamates (subject to hydrolysis) is 1. The second-order valence-corrected chi connectivity index (χ2v) is 8.04. The van der Waals surface area contributed by atoms with Gasteiger partial charge in [0, 0.05) is 26.1 Å². The Bertz CT molecular complexity index is 442. The zero-order valence-corrected chi connectivity index (χ0v) is 20.0. The van der Waals surface area contributed by atoms with Gasteiger partial charge in [0.1, 0.15) is 5.60 Å². The fraction of sp³-hybridized carbons (Fsp3) is 0.909. The van der Waals surface area contributed by atoms with Crippen LogP contribution in [0.3, 0.4) is 0 Å². The first kappa shape index (κ1) is 29.6. The molecule has 184 valence electrons. The summed E-state index contributed by atoms with van der Waals surface area (Å²) in [5, 5.41) is 5.59. The number of rotatable bonds is 20. The predicted molar refractivity (Wildman–Crippen MR) is 119 cm³/mol. The average Bonchev–Trinajstić information content (AvgIpc) is 2.69. The van der Waals surface area contributed by atoms with Crippen molar-refractivity contribution < 1.29 is 33.3 Å². The Labute approximate surface area is 187 Å². The third-order valence-electron chi connectivity index (χ3n) is 3.78. The van der Waals surface area contributed by atoms with Crippen molar-refractivity contribution in [3.05, 3.63) is 0 Å². The van der Waals surface area contributed by atoms with Crippen LogP contribution in [0.1, 0.15) is 59.8 Å². The van der Waals surface area contributed by atoms with E-state index < -0.39 is 11.7 Å². The molecule has 0 bridgehead atoms. The zero-order valence-electron chi connectivity index (χ0n) is 20.0. The van der Waals surface area contributed by atoms with E-state index in [1.807, 2.05) is 20.8 Å². The van der Waals surface area contributed by atoms with Crippen LogP contribution >= 0.6 is 0 Å². The third kappa shape index (κ3) is 24.7. The molecule has 0 aromatic rings. The minimum Gasteiger partial charge on any atom is -0.444 e. The van der Waals surface area contributed by atoms with Crippen LogP contribution in [0.5, 0.6) is 0 Å². The predicted octanol–water partition coefficient (Wildman–Crippen LogP) is 2.66. The number of unbranched alkanes of at least 4 members (excludes halogenated alkanes) is 2. The molecular formula is C22H44N2O7. The molecule has 0 spiro atoms. The first-order valence-electron chi connectivity index (χ1n) is 11.4. The summed E-state index contributed by atoms with van der Waals surface area (Å²) in [5.41, 5.74) is -0.483. The van der Waals surface area contributed by atoms with Crippen molar-refractivity contribution in [1.82, 2.24) is 10.6 Å². The molecule has 9 heteroatoms. The number of carbonyl (C=O) groups excluding carboxylic acids is 2. The van der Waals surface area contributed by atoms with Crippen molar-refractivity contribution >= 4 is 12.0 Å². The summed E-state index contributed by atoms with van der Waals surface area (Å²) in [6.45, 7) is 13.1. The number of amides is 2. The highest BCUT2D eigenvalue weighted by Crippen LogP contribution is 2.06. The molecule has 0 heterocycles. The average molecular weight is 449 g/mol. The van der Waals surface area contributed by atoms with Gasteiger partial charge in [-0.05, 0) is 46.5 Å². The lowest BCUT2D eigenvalue weighted by molar-refractivity contribution is -0.122. The molecular weight excluding hydrogens is 404 g/mol. The van der Waals surface area contributed by atoms with E-state index in [1.54, 1.807) is 0 Å². The molecule has 0 aromatic carbocycles. The van der Waals surface area contributed by atoms with Crippen molar-refractivity contribution in [1.29, 1.82) is 0 Å². The van der Waals surface area contributed by atoms with Gasteiger partial charge in [0.15, 0.2) is 0 Å². The Hall–Kier alpha value is -1.42. The van der Waals surface area contributed by atoms with Gasteiger partial charge in [0.05, 0.1) is 46.2 Å². The molecule has 0 radical (unpaired) electrons. The molecule has 0 unspecified atom stereocenters. The van der Waals surface area contributed by atoms with Crippen LogP contribution in [-0.4, -0.2) is 83.5 Å². The number of nitrogens with one attached hydrogen (secondary N) is 2. The van der Waals surface area contributed by atoms with E-state index in [-0.39, 0.29) is 5.91 Å². The van der Waals surface area contributed by atoms with Crippen LogP contribution in [0.25, 0.3) is 0 Å². The Kier molecular flexibility index (Phi) is 19.5. The Morgan fingerprint density at radius 1 is 0.677 bits per heavy atom. The second kappa shape index (κ2) is 20.5. The molecule has 2 N–H and O–H groups in total. The van der Waals surface area contributed by atoms with Crippen molar-refractivity contribution in [3.63, 3.8) is 0 Å². The summed E-state index contributed by atoms with van der Waals surface area (Å²) in [6.07, 6.45) is 3.58. The first-order chi connectivity index (χ1) is 14.8. The van der Waals surface area contributed by atoms with Gasteiger partial charge in [0.2, 0.25) is 5.91 Å². The highest BCUT2D eigenvalue weighted by Gasteiger charge is 2.15. The highest BCUT2D eigenvalue weighted by atomic mass is 16.6. The van der Waals surface area contributed by atoms with E-state index in [0.29, 0.717) is 65.8 Å². The number of hydrogen-bond acceptors (Lipinski definition) is 7. The lowest BCUT2D eigenvalue weighted by Crippen LogP contribution is -2.33. The quantitative estimate of drug-likeness (QED) is 0.276. The maximum absolute atomic E-state index is 11.7. The van der Waals surface area contributed by atoms with Crippen LogP contribution < -0.4 is 10.6 Å². The van der Waals surface area contributed by atoms with Crippen molar-refractivity contribution in [3.8, 4) is 0 Å². The highest BCUT2D eigenvalue weighted by molar-refractivity contribution is 5.75. The fourth-order valence-corrected chi connectivity index (χ4v) is 2.32. The normalized spacial score (nSPS) is 11.4. The van der Waals surface area contributed by atoms with Gasteiger partial charge in [-0.1, -0.05) is 6.92 Å². The number of carbonyl (C=O) groups is 2. The fourth-order valence-electron chi connectivity index (χ4n) is 2.32. The maximum atomic E-state index is 11.7. The van der Waals surface area contributed by atoms with Gasteiger partial charge < -0.3 is 34.3 Å². The molecule has 0 rings (SSSR count). The van der Waals surface area contributed by atoms with E-state index in [1.165, 1.54) is 0 Å². The summed E-state index contributed by atoms with van der Waals surface area (Å²) in [6, 6.07) is 0. The topological polar surface area (TPSA) is 104 Å². The standard InChI is InChI=1S/C22H44N2O7/c1-5-12-27-14-16-29-18-19-30-17-15-28-13-9-20(25)23-10-7-6-8-11-24-21(26)31-22(2,3)4/h5-19H2,1-4H3,(H,23,25)(H,24,26). The lowest BCUT2D eigenvalue weighted by Gasteiger charge is -2.19. The van der Waals surface area contributed by atoms with Crippen LogP contribution in [-0.2, 0) is 28.5 Å². The van der Waals surface area contributed by atoms with E-state index in [2.05, 4.69) is 17.6 Å². The molecule has 0 atom stereocenters. The van der Waals surface area contributed by atoms with Crippen molar-refractivity contribution in [2.75, 3.05) is 65.9 Å². The zero-order chi connectivity index (χ0) is 23.2. The van der Waals surface area contributed by atoms with Gasteiger partial charge in [-0.2, -0.15) is 0 Å². The molecule has 0 aromatic heterocycles. The van der Waals surface area contributed by atoms with Crippen LogP contribution in [0.4, 0.5) is 4.79 Å². The van der Waals surface area contributed by atoms with Gasteiger partial charge in [-0.3, -0.25) is 4.79 Å². The second-order valence-electron chi connectivity index (χ2n) is 8.04. The first-order valence-corrected chi connectivity index (χ1v) is 11.4. The SMILES string of the molecule is CCCOCCOCCOCCOCCC(=O)NCCCCCNC(=O)OC(C)(C)C. The minimum atomic E-state index is -0.483. The lowest BCUT2D eigenvalue weighted by atomic mass is 10.2. The molecule has 0 saturated heterocycles. The van der Waals surface area contributed by atoms with Crippen LogP contribution in [0.2, 0.25) is 0 Å². The monoisotopic (exact) mass is 448 g/mol. The van der Waals surface area contributed by atoms with Crippen LogP contribution in [0.15, 0.2) is 0 Å². The van der Waals surface area contributed by atoms with E-state index in [9.17, 15) is 9.59 Å². The summed E-state index contributed by atoms with van der Waals surface area (Å²) in [4.78, 5) is 23.2. The molecule has 0 aliphatic heterocycles. The Balaban J connectivity index is 3.27. The number of ether oxygens (including phenoxy) is 5. The third-order valence-corrected chi connectivity index (χ3v) is 3.78. The molecule has 0 aliphatic carbocycles. The summed E-state index contributed by atoms with van der Waals surface area (Å²) in [5.74, 6) is -0.0218. The molecule has 9 nitrogen and oxygen atoms in total. The summed E-state index contributed by atoms with van der Waals surface area (Å²) in [7, 11) is 0. The van der Waals surface area contributed by atoms with Gasteiger partial charge in [-0.15, -0.1) is 0 Å². The molecule has 0 saturated carbocycles. The molecule has 0 aliphatic rings. The van der Waals surface area contributed by atoms with Crippen molar-refractivity contribution in [2.45, 2.75) is 65.4 Å². The Morgan fingerprint density at radius 2 is 1.16 bits per heavy atom.